The van der Waals surface area contributed by atoms with Gasteiger partial charge in [-0.2, -0.15) is 0 Å². The summed E-state index contributed by atoms with van der Waals surface area (Å²) in [6.45, 7) is -1.69. The van der Waals surface area contributed by atoms with E-state index in [4.69, 9.17) is 4.11 Å². The second-order valence-corrected chi connectivity index (χ2v) is 4.03. The van der Waals surface area contributed by atoms with Gasteiger partial charge in [-0.15, -0.1) is 0 Å². The zero-order chi connectivity index (χ0) is 15.6. The number of allylic oxidation sites excluding steroid dienone is 2. The topological polar surface area (TPSA) is 42.4 Å². The highest BCUT2D eigenvalue weighted by Crippen LogP contribution is 2.19. The molecule has 1 aliphatic heterocycles. The minimum atomic E-state index is -2.38. The van der Waals surface area contributed by atoms with E-state index in [1.165, 1.54) is 13.2 Å². The van der Waals surface area contributed by atoms with Gasteiger partial charge in [0.05, 0.1) is 18.4 Å². The number of aromatic nitrogens is 1. The third kappa shape index (κ3) is 2.59. The maximum atomic E-state index is 11.7. The van der Waals surface area contributed by atoms with Crippen LogP contribution in [0.1, 0.15) is 25.9 Å². The van der Waals surface area contributed by atoms with Gasteiger partial charge in [0.25, 0.3) is 0 Å². The van der Waals surface area contributed by atoms with Crippen LogP contribution in [-0.2, 0) is 4.74 Å². The van der Waals surface area contributed by atoms with E-state index in [1.807, 2.05) is 30.3 Å². The lowest BCUT2D eigenvalue weighted by Gasteiger charge is -2.17. The molecule has 0 fully saturated rings. The molecule has 0 spiro atoms. The molecule has 18 heavy (non-hydrogen) atoms. The standard InChI is InChI=1S/C14H16N2O2/c1-10-8-12(14(17)18-3)9-13(15-10)11-4-6-16(2)7-5-11/h4-6,8-9H,7H2,1-3H3/i1D3. The molecule has 0 aromatic carbocycles. The predicted molar refractivity (Wildman–Crippen MR) is 70.1 cm³/mol. The largest absolute Gasteiger partial charge is 0.465 e. The van der Waals surface area contributed by atoms with E-state index >= 15 is 0 Å². The molecule has 2 rings (SSSR count). The Bertz CT molecular complexity index is 621. The Balaban J connectivity index is 2.51. The van der Waals surface area contributed by atoms with Gasteiger partial charge in [-0.1, -0.05) is 6.08 Å². The van der Waals surface area contributed by atoms with Crippen LogP contribution in [0.5, 0.6) is 0 Å². The molecule has 1 aromatic rings. The molecule has 4 nitrogen and oxygen atoms in total. The lowest BCUT2D eigenvalue weighted by molar-refractivity contribution is 0.0600. The van der Waals surface area contributed by atoms with Crippen molar-refractivity contribution in [2.75, 3.05) is 20.7 Å². The molecule has 94 valence electrons. The van der Waals surface area contributed by atoms with E-state index in [2.05, 4.69) is 9.72 Å². The van der Waals surface area contributed by atoms with Crippen LogP contribution in [0.4, 0.5) is 0 Å². The van der Waals surface area contributed by atoms with Gasteiger partial charge < -0.3 is 9.64 Å². The van der Waals surface area contributed by atoms with Gasteiger partial charge in [-0.3, -0.25) is 4.98 Å². The lowest BCUT2D eigenvalue weighted by atomic mass is 10.1. The van der Waals surface area contributed by atoms with E-state index in [9.17, 15) is 4.79 Å². The first-order valence-electron chi connectivity index (χ1n) is 7.01. The first kappa shape index (κ1) is 8.91. The predicted octanol–water partition coefficient (Wildman–Crippen LogP) is 2.02. The molecule has 0 saturated heterocycles. The molecule has 0 unspecified atom stereocenters. The van der Waals surface area contributed by atoms with Crippen LogP contribution >= 0.6 is 0 Å². The summed E-state index contributed by atoms with van der Waals surface area (Å²) in [5.41, 5.74) is 1.30. The molecule has 1 aliphatic rings. The average molecular weight is 247 g/mol. The van der Waals surface area contributed by atoms with Crippen molar-refractivity contribution in [2.24, 2.45) is 0 Å². The molecule has 0 bridgehead atoms. The van der Waals surface area contributed by atoms with Gasteiger partial charge in [0.1, 0.15) is 0 Å². The molecule has 2 heterocycles. The Hall–Kier alpha value is -2.10. The summed E-state index contributed by atoms with van der Waals surface area (Å²) in [6.07, 6.45) is 5.62. The van der Waals surface area contributed by atoms with Gasteiger partial charge in [-0.05, 0) is 36.8 Å². The fraction of sp³-hybridized carbons (Fsp3) is 0.286. The molecule has 4 heteroatoms. The summed E-state index contributed by atoms with van der Waals surface area (Å²) >= 11 is 0. The number of aryl methyl sites for hydroxylation is 1. The van der Waals surface area contributed by atoms with Gasteiger partial charge in [0, 0.05) is 23.4 Å². The van der Waals surface area contributed by atoms with Crippen molar-refractivity contribution in [3.63, 3.8) is 0 Å². The van der Waals surface area contributed by atoms with E-state index in [0.29, 0.717) is 12.2 Å². The van der Waals surface area contributed by atoms with E-state index in [0.717, 1.165) is 5.57 Å². The minimum Gasteiger partial charge on any atom is -0.465 e. The number of pyridine rings is 1. The third-order valence-corrected chi connectivity index (χ3v) is 2.65. The summed E-state index contributed by atoms with van der Waals surface area (Å²) in [5.74, 6) is -0.582. The number of ether oxygens (including phenoxy) is 1. The molecular formula is C14H16N2O2. The number of hydrogen-bond donors (Lipinski definition) is 0. The second-order valence-electron chi connectivity index (χ2n) is 4.03. The van der Waals surface area contributed by atoms with Crippen molar-refractivity contribution in [2.45, 2.75) is 6.85 Å². The molecule has 0 radical (unpaired) electrons. The maximum absolute atomic E-state index is 11.7. The molecule has 0 amide bonds. The number of carbonyl (C=O) groups excluding carboxylic acids is 1. The van der Waals surface area contributed by atoms with Crippen molar-refractivity contribution in [1.29, 1.82) is 0 Å². The number of likely N-dealkylation sites (N-methyl/N-ethyl adjacent to an activating group) is 1. The van der Waals surface area contributed by atoms with Crippen molar-refractivity contribution < 1.29 is 13.6 Å². The van der Waals surface area contributed by atoms with Gasteiger partial charge in [-0.25, -0.2) is 4.79 Å². The van der Waals surface area contributed by atoms with Crippen LogP contribution in [0.2, 0.25) is 0 Å². The quantitative estimate of drug-likeness (QED) is 0.750. The smallest absolute Gasteiger partial charge is 0.337 e. The van der Waals surface area contributed by atoms with Crippen LogP contribution in [-0.4, -0.2) is 36.6 Å². The van der Waals surface area contributed by atoms with Crippen LogP contribution in [0.15, 0.2) is 30.5 Å². The Morgan fingerprint density at radius 3 is 3.00 bits per heavy atom. The molecule has 1 aromatic heterocycles. The molecule has 0 saturated carbocycles. The van der Waals surface area contributed by atoms with Crippen LogP contribution in [0.25, 0.3) is 5.57 Å². The van der Waals surface area contributed by atoms with Crippen molar-refractivity contribution in [1.82, 2.24) is 9.88 Å². The minimum absolute atomic E-state index is 0.117. The van der Waals surface area contributed by atoms with Crippen molar-refractivity contribution >= 4 is 11.5 Å². The summed E-state index contributed by atoms with van der Waals surface area (Å²) in [4.78, 5) is 17.8. The maximum Gasteiger partial charge on any atom is 0.337 e. The summed E-state index contributed by atoms with van der Waals surface area (Å²) in [5, 5.41) is 0. The van der Waals surface area contributed by atoms with Crippen LogP contribution in [0.3, 0.4) is 0 Å². The Labute approximate surface area is 111 Å². The molecule has 0 aliphatic carbocycles. The van der Waals surface area contributed by atoms with E-state index < -0.39 is 12.8 Å². The number of methoxy groups -OCH3 is 1. The first-order chi connectivity index (χ1) is 9.81. The average Bonchev–Trinajstić information content (AvgIpc) is 2.45. The number of hydrogen-bond acceptors (Lipinski definition) is 4. The first-order valence-corrected chi connectivity index (χ1v) is 5.51. The normalized spacial score (nSPS) is 17.6. The number of rotatable bonds is 2. The second kappa shape index (κ2) is 5.04. The van der Waals surface area contributed by atoms with Crippen LogP contribution < -0.4 is 0 Å². The van der Waals surface area contributed by atoms with Gasteiger partial charge in [0.15, 0.2) is 0 Å². The summed E-state index contributed by atoms with van der Waals surface area (Å²) in [6, 6.07) is 2.80. The molecular weight excluding hydrogens is 228 g/mol. The fourth-order valence-electron chi connectivity index (χ4n) is 1.68. The Kier molecular flexibility index (Phi) is 2.50. The van der Waals surface area contributed by atoms with Gasteiger partial charge >= 0.3 is 5.97 Å². The number of carbonyl (C=O) groups is 1. The monoisotopic (exact) mass is 247 g/mol. The fourth-order valence-corrected chi connectivity index (χ4v) is 1.68. The van der Waals surface area contributed by atoms with E-state index in [-0.39, 0.29) is 11.3 Å². The number of nitrogens with zero attached hydrogens (tertiary/aromatic N) is 2. The SMILES string of the molecule is [2H]C([2H])([2H])c1cc(C(=O)OC)cc(C2=CCN(C)C=C2)n1. The zero-order valence-corrected chi connectivity index (χ0v) is 10.3. The zero-order valence-electron chi connectivity index (χ0n) is 13.3. The summed E-state index contributed by atoms with van der Waals surface area (Å²) in [7, 11) is 3.18. The van der Waals surface area contributed by atoms with Crippen molar-refractivity contribution in [3.8, 4) is 0 Å². The molecule has 0 atom stereocenters. The third-order valence-electron chi connectivity index (χ3n) is 2.65. The molecule has 0 N–H and O–H groups in total. The highest BCUT2D eigenvalue weighted by molar-refractivity contribution is 5.90. The highest BCUT2D eigenvalue weighted by Gasteiger charge is 2.11. The lowest BCUT2D eigenvalue weighted by Crippen LogP contribution is -2.14. The van der Waals surface area contributed by atoms with E-state index in [1.54, 1.807) is 6.07 Å². The summed E-state index contributed by atoms with van der Waals surface area (Å²) < 4.78 is 27.1. The Morgan fingerprint density at radius 2 is 2.39 bits per heavy atom. The van der Waals surface area contributed by atoms with Crippen molar-refractivity contribution in [3.05, 3.63) is 47.4 Å². The van der Waals surface area contributed by atoms with Crippen LogP contribution in [0, 0.1) is 6.85 Å². The highest BCUT2D eigenvalue weighted by atomic mass is 16.5. The number of esters is 1. The van der Waals surface area contributed by atoms with Gasteiger partial charge in [0.2, 0.25) is 0 Å². The Morgan fingerprint density at radius 1 is 1.56 bits per heavy atom.